The van der Waals surface area contributed by atoms with Crippen molar-refractivity contribution in [2.45, 2.75) is 63.4 Å². The highest BCUT2D eigenvalue weighted by Gasteiger charge is 2.47. The van der Waals surface area contributed by atoms with Crippen molar-refractivity contribution in [1.82, 2.24) is 9.88 Å². The lowest BCUT2D eigenvalue weighted by Gasteiger charge is -2.37. The normalized spacial score (nSPS) is 28.1. The summed E-state index contributed by atoms with van der Waals surface area (Å²) in [5, 5.41) is 9.98. The molecule has 3 fully saturated rings. The number of rotatable bonds is 7. The zero-order chi connectivity index (χ0) is 20.6. The van der Waals surface area contributed by atoms with Crippen molar-refractivity contribution in [2.75, 3.05) is 44.2 Å². The van der Waals surface area contributed by atoms with Gasteiger partial charge in [-0.3, -0.25) is 9.69 Å². The van der Waals surface area contributed by atoms with E-state index in [0.29, 0.717) is 25.2 Å². The molecule has 2 aliphatic carbocycles. The van der Waals surface area contributed by atoms with Crippen molar-refractivity contribution in [1.29, 1.82) is 0 Å². The van der Waals surface area contributed by atoms with Crippen molar-refractivity contribution in [3.8, 4) is 5.75 Å². The van der Waals surface area contributed by atoms with Gasteiger partial charge in [-0.15, -0.1) is 0 Å². The molecule has 4 aliphatic rings. The third kappa shape index (κ3) is 4.35. The van der Waals surface area contributed by atoms with Crippen LogP contribution in [0, 0.1) is 11.8 Å². The van der Waals surface area contributed by atoms with Crippen LogP contribution in [0.15, 0.2) is 12.3 Å². The first-order chi connectivity index (χ1) is 14.6. The Kier molecular flexibility index (Phi) is 5.71. The minimum absolute atomic E-state index is 0.105. The molecule has 0 bridgehead atoms. The SMILES string of the molecule is O=C(CC1CCC(CCN2CCN(c3nccc4c3CCO4)CC2)CC1)C1(O)CC1. The molecule has 1 saturated heterocycles. The van der Waals surface area contributed by atoms with Crippen LogP contribution in [0.2, 0.25) is 0 Å². The van der Waals surface area contributed by atoms with Gasteiger partial charge in [-0.2, -0.15) is 0 Å². The number of Topliss-reactive ketones (excluding diaryl/α,β-unsaturated/α-hetero) is 1. The summed E-state index contributed by atoms with van der Waals surface area (Å²) in [6, 6.07) is 1.99. The van der Waals surface area contributed by atoms with Gasteiger partial charge < -0.3 is 14.7 Å². The Morgan fingerprint density at radius 1 is 1.13 bits per heavy atom. The molecular formula is C24H35N3O3. The van der Waals surface area contributed by atoms with E-state index in [1.807, 2.05) is 12.3 Å². The standard InChI is InChI=1S/C24H35N3O3/c28-22(24(29)8-9-24)17-19-3-1-18(2-4-19)6-11-26-12-14-27(15-13-26)23-20-7-16-30-21(20)5-10-25-23/h5,10,18-19,29H,1-4,6-9,11-17H2. The number of pyridine rings is 1. The van der Waals surface area contributed by atoms with E-state index in [4.69, 9.17) is 4.74 Å². The third-order valence-corrected chi connectivity index (χ3v) is 7.81. The topological polar surface area (TPSA) is 65.9 Å². The van der Waals surface area contributed by atoms with Crippen LogP contribution in [0.5, 0.6) is 5.75 Å². The summed E-state index contributed by atoms with van der Waals surface area (Å²) < 4.78 is 5.70. The molecule has 0 unspecified atom stereocenters. The molecule has 3 heterocycles. The van der Waals surface area contributed by atoms with Crippen LogP contribution in [0.4, 0.5) is 5.82 Å². The lowest BCUT2D eigenvalue weighted by molar-refractivity contribution is -0.130. The number of aromatic nitrogens is 1. The lowest BCUT2D eigenvalue weighted by Crippen LogP contribution is -2.47. The highest BCUT2D eigenvalue weighted by Crippen LogP contribution is 2.40. The van der Waals surface area contributed by atoms with Crippen LogP contribution in [-0.2, 0) is 11.2 Å². The van der Waals surface area contributed by atoms with Crippen molar-refractivity contribution >= 4 is 11.6 Å². The fraction of sp³-hybridized carbons (Fsp3) is 0.750. The van der Waals surface area contributed by atoms with E-state index in [1.54, 1.807) is 0 Å². The van der Waals surface area contributed by atoms with Crippen LogP contribution in [0.25, 0.3) is 0 Å². The van der Waals surface area contributed by atoms with Gasteiger partial charge in [0.25, 0.3) is 0 Å². The summed E-state index contributed by atoms with van der Waals surface area (Å²) in [5.41, 5.74) is 0.358. The Bertz CT molecular complexity index is 763. The fourth-order valence-corrected chi connectivity index (χ4v) is 5.49. The Labute approximate surface area is 179 Å². The van der Waals surface area contributed by atoms with E-state index in [0.717, 1.165) is 69.5 Å². The van der Waals surface area contributed by atoms with E-state index < -0.39 is 5.60 Å². The third-order valence-electron chi connectivity index (χ3n) is 7.81. The molecule has 0 radical (unpaired) electrons. The molecule has 1 aromatic rings. The van der Waals surface area contributed by atoms with Crippen molar-refractivity contribution in [3.05, 3.63) is 17.8 Å². The summed E-state index contributed by atoms with van der Waals surface area (Å²) in [5.74, 6) is 3.56. The first-order valence-corrected chi connectivity index (χ1v) is 11.9. The van der Waals surface area contributed by atoms with Crippen LogP contribution in [-0.4, -0.2) is 65.7 Å². The van der Waals surface area contributed by atoms with Crippen LogP contribution < -0.4 is 9.64 Å². The molecule has 0 amide bonds. The molecule has 30 heavy (non-hydrogen) atoms. The number of carbonyl (C=O) groups excluding carboxylic acids is 1. The predicted octanol–water partition coefficient (Wildman–Crippen LogP) is 2.82. The number of nitrogens with zero attached hydrogens (tertiary/aromatic N) is 3. The quantitative estimate of drug-likeness (QED) is 0.742. The molecule has 0 aromatic carbocycles. The van der Waals surface area contributed by atoms with Crippen molar-refractivity contribution in [2.24, 2.45) is 11.8 Å². The van der Waals surface area contributed by atoms with Crippen LogP contribution in [0.1, 0.15) is 56.9 Å². The van der Waals surface area contributed by atoms with Gasteiger partial charge in [0.1, 0.15) is 17.2 Å². The summed E-state index contributed by atoms with van der Waals surface area (Å²) >= 11 is 0. The maximum atomic E-state index is 12.1. The molecule has 2 saturated carbocycles. The van der Waals surface area contributed by atoms with Gasteiger partial charge in [0.15, 0.2) is 5.78 Å². The predicted molar refractivity (Wildman–Crippen MR) is 116 cm³/mol. The number of aliphatic hydroxyl groups is 1. The Hall–Kier alpha value is -1.66. The molecule has 5 rings (SSSR count). The molecule has 0 atom stereocenters. The second kappa shape index (κ2) is 8.46. The van der Waals surface area contributed by atoms with Gasteiger partial charge in [0.2, 0.25) is 0 Å². The lowest BCUT2D eigenvalue weighted by atomic mass is 9.78. The second-order valence-corrected chi connectivity index (χ2v) is 9.87. The summed E-state index contributed by atoms with van der Waals surface area (Å²) in [7, 11) is 0. The zero-order valence-corrected chi connectivity index (χ0v) is 18.0. The van der Waals surface area contributed by atoms with Gasteiger partial charge in [0, 0.05) is 50.8 Å². The first-order valence-electron chi connectivity index (χ1n) is 11.9. The van der Waals surface area contributed by atoms with Crippen molar-refractivity contribution in [3.63, 3.8) is 0 Å². The van der Waals surface area contributed by atoms with Crippen molar-refractivity contribution < 1.29 is 14.6 Å². The maximum Gasteiger partial charge on any atom is 0.164 e. The number of fused-ring (bicyclic) bond motifs is 1. The molecule has 1 aromatic heterocycles. The molecular weight excluding hydrogens is 378 g/mol. The van der Waals surface area contributed by atoms with Gasteiger partial charge in [0.05, 0.1) is 6.61 Å². The number of ether oxygens (including phenoxy) is 1. The van der Waals surface area contributed by atoms with E-state index >= 15 is 0 Å². The minimum atomic E-state index is -0.929. The molecule has 6 heteroatoms. The van der Waals surface area contributed by atoms with Crippen LogP contribution >= 0.6 is 0 Å². The molecule has 0 spiro atoms. The first kappa shape index (κ1) is 20.3. The molecule has 164 valence electrons. The number of anilines is 1. The van der Waals surface area contributed by atoms with Gasteiger partial charge in [-0.25, -0.2) is 4.98 Å². The summed E-state index contributed by atoms with van der Waals surface area (Å²) in [6.07, 6.45) is 10.9. The maximum absolute atomic E-state index is 12.1. The van der Waals surface area contributed by atoms with Gasteiger partial charge in [-0.1, -0.05) is 12.8 Å². The van der Waals surface area contributed by atoms with E-state index in [1.165, 1.54) is 31.4 Å². The van der Waals surface area contributed by atoms with E-state index in [2.05, 4.69) is 14.8 Å². The highest BCUT2D eigenvalue weighted by atomic mass is 16.5. The number of hydrogen-bond acceptors (Lipinski definition) is 6. The largest absolute Gasteiger partial charge is 0.493 e. The molecule has 6 nitrogen and oxygen atoms in total. The molecule has 2 aliphatic heterocycles. The Morgan fingerprint density at radius 3 is 2.60 bits per heavy atom. The van der Waals surface area contributed by atoms with Crippen LogP contribution in [0.3, 0.4) is 0 Å². The highest BCUT2D eigenvalue weighted by molar-refractivity contribution is 5.89. The Balaban J connectivity index is 1.02. The van der Waals surface area contributed by atoms with Gasteiger partial charge in [-0.05, 0) is 56.6 Å². The average molecular weight is 414 g/mol. The number of ketones is 1. The van der Waals surface area contributed by atoms with E-state index in [-0.39, 0.29) is 5.78 Å². The monoisotopic (exact) mass is 413 g/mol. The molecule has 1 N–H and O–H groups in total. The zero-order valence-electron chi connectivity index (χ0n) is 18.0. The summed E-state index contributed by atoms with van der Waals surface area (Å²) in [6.45, 7) is 6.27. The van der Waals surface area contributed by atoms with E-state index in [9.17, 15) is 9.90 Å². The van der Waals surface area contributed by atoms with Gasteiger partial charge >= 0.3 is 0 Å². The number of hydrogen-bond donors (Lipinski definition) is 1. The smallest absolute Gasteiger partial charge is 0.164 e. The average Bonchev–Trinajstić information content (AvgIpc) is 3.34. The Morgan fingerprint density at radius 2 is 1.87 bits per heavy atom. The second-order valence-electron chi connectivity index (χ2n) is 9.87. The number of piperazine rings is 1. The fourth-order valence-electron chi connectivity index (χ4n) is 5.49. The summed E-state index contributed by atoms with van der Waals surface area (Å²) in [4.78, 5) is 21.8. The number of carbonyl (C=O) groups is 1. The minimum Gasteiger partial charge on any atom is -0.493 e.